The molecule has 1 aromatic rings. The highest BCUT2D eigenvalue weighted by atomic mass is 79.9. The van der Waals surface area contributed by atoms with Gasteiger partial charge in [-0.15, -0.1) is 11.3 Å². The zero-order valence-corrected chi connectivity index (χ0v) is 12.7. The minimum atomic E-state index is -1.66. The zero-order chi connectivity index (χ0) is 13.3. The lowest BCUT2D eigenvalue weighted by molar-refractivity contribution is -0.136. The Bertz CT molecular complexity index is 553. The molecule has 0 radical (unpaired) electrons. The highest BCUT2D eigenvalue weighted by Gasteiger charge is 2.29. The van der Waals surface area contributed by atoms with E-state index in [1.165, 1.54) is 18.4 Å². The first-order chi connectivity index (χ1) is 8.52. The summed E-state index contributed by atoms with van der Waals surface area (Å²) in [5.41, 5.74) is 1.35. The number of methoxy groups -OCH3 is 1. The largest absolute Gasteiger partial charge is 0.567 e. The smallest absolute Gasteiger partial charge is 0.359 e. The van der Waals surface area contributed by atoms with Crippen LogP contribution in [0.15, 0.2) is 31.6 Å². The van der Waals surface area contributed by atoms with E-state index < -0.39 is 17.5 Å². The summed E-state index contributed by atoms with van der Waals surface area (Å²) < 4.78 is 23.7. The molecule has 2 rings (SSSR count). The number of carbonyl (C=O) groups is 1. The Morgan fingerprint density at radius 2 is 2.33 bits per heavy atom. The maximum absolute atomic E-state index is 11.6. The number of halogens is 1. The van der Waals surface area contributed by atoms with Gasteiger partial charge in [-0.2, -0.15) is 4.72 Å². The first kappa shape index (κ1) is 13.6. The fraction of sp³-hybridized carbons (Fsp3) is 0.200. The Morgan fingerprint density at radius 1 is 1.61 bits per heavy atom. The standard InChI is InChI=1S/C10H9BrN2O3S2/c1-5-8(6-3-4-7(11)17-6)12-18(15)13-9(5)10(14)16-2/h3-4,13H,1-2H3. The van der Waals surface area contributed by atoms with Crippen molar-refractivity contribution >= 4 is 50.5 Å². The topological polar surface area (TPSA) is 73.8 Å². The third-order valence-electron chi connectivity index (χ3n) is 2.29. The molecule has 0 aromatic carbocycles. The highest BCUT2D eigenvalue weighted by molar-refractivity contribution is 9.11. The number of ether oxygens (including phenoxy) is 1. The third-order valence-corrected chi connectivity index (χ3v) is 4.65. The van der Waals surface area contributed by atoms with Crippen molar-refractivity contribution in [3.05, 3.63) is 32.1 Å². The van der Waals surface area contributed by atoms with Crippen molar-refractivity contribution in [2.45, 2.75) is 6.92 Å². The van der Waals surface area contributed by atoms with Gasteiger partial charge in [-0.05, 0) is 39.4 Å². The van der Waals surface area contributed by atoms with Crippen LogP contribution in [0.25, 0.3) is 0 Å². The van der Waals surface area contributed by atoms with Crippen LogP contribution in [0.4, 0.5) is 0 Å². The lowest BCUT2D eigenvalue weighted by atomic mass is 10.1. The van der Waals surface area contributed by atoms with Crippen LogP contribution in [0.5, 0.6) is 0 Å². The molecule has 0 amide bonds. The summed E-state index contributed by atoms with van der Waals surface area (Å²) in [7, 11) is 1.28. The maximum atomic E-state index is 11.6. The van der Waals surface area contributed by atoms with Gasteiger partial charge in [0.05, 0.1) is 15.8 Å². The molecule has 1 aliphatic heterocycles. The van der Waals surface area contributed by atoms with Crippen LogP contribution in [0.2, 0.25) is 0 Å². The molecule has 8 heteroatoms. The van der Waals surface area contributed by atoms with Crippen molar-refractivity contribution in [2.75, 3.05) is 7.11 Å². The molecule has 0 aliphatic carbocycles. The molecule has 1 N–H and O–H groups in total. The molecule has 0 fully saturated rings. The number of rotatable bonds is 2. The molecule has 5 nitrogen and oxygen atoms in total. The third kappa shape index (κ3) is 2.61. The average Bonchev–Trinajstić information content (AvgIpc) is 2.77. The van der Waals surface area contributed by atoms with E-state index in [0.717, 1.165) is 8.66 Å². The van der Waals surface area contributed by atoms with Gasteiger partial charge in [0.15, 0.2) is 5.70 Å². The fourth-order valence-corrected chi connectivity index (χ4v) is 3.77. The van der Waals surface area contributed by atoms with Gasteiger partial charge in [-0.1, -0.05) is 0 Å². The van der Waals surface area contributed by atoms with Crippen molar-refractivity contribution in [2.24, 2.45) is 4.40 Å². The summed E-state index contributed by atoms with van der Waals surface area (Å²) >= 11 is 3.15. The second-order valence-corrected chi connectivity index (χ2v) is 6.73. The second kappa shape index (κ2) is 5.43. The Kier molecular flexibility index (Phi) is 4.10. The SMILES string of the molecule is COC(=O)C1=C(C)C(c2ccc(Br)s2)=N[S+]([O-])N1. The summed E-state index contributed by atoms with van der Waals surface area (Å²) in [6.07, 6.45) is 0. The molecule has 1 atom stereocenters. The van der Waals surface area contributed by atoms with Gasteiger partial charge in [0.2, 0.25) is 11.5 Å². The van der Waals surface area contributed by atoms with Crippen molar-refractivity contribution < 1.29 is 14.1 Å². The van der Waals surface area contributed by atoms with Gasteiger partial charge in [-0.25, -0.2) is 4.79 Å². The predicted molar refractivity (Wildman–Crippen MR) is 74.6 cm³/mol. The molecule has 0 bridgehead atoms. The number of nitrogens with zero attached hydrogens (tertiary/aromatic N) is 1. The average molecular weight is 349 g/mol. The molecule has 18 heavy (non-hydrogen) atoms. The number of hydrogen-bond acceptors (Lipinski definition) is 6. The second-order valence-electron chi connectivity index (χ2n) is 3.39. The van der Waals surface area contributed by atoms with Crippen molar-refractivity contribution in [3.63, 3.8) is 0 Å². The molecule has 0 saturated carbocycles. The van der Waals surface area contributed by atoms with Gasteiger partial charge < -0.3 is 9.29 Å². The van der Waals surface area contributed by atoms with Gasteiger partial charge in [0, 0.05) is 5.57 Å². The number of allylic oxidation sites excluding steroid dienone is 1. The van der Waals surface area contributed by atoms with Crippen LogP contribution in [-0.2, 0) is 21.1 Å². The Morgan fingerprint density at radius 3 is 2.89 bits per heavy atom. The zero-order valence-electron chi connectivity index (χ0n) is 9.52. The van der Waals surface area contributed by atoms with Crippen LogP contribution in [0.1, 0.15) is 11.8 Å². The van der Waals surface area contributed by atoms with Crippen LogP contribution in [0.3, 0.4) is 0 Å². The quantitative estimate of drug-likeness (QED) is 0.654. The number of hydrogen-bond donors (Lipinski definition) is 1. The number of esters is 1. The van der Waals surface area contributed by atoms with Crippen molar-refractivity contribution in [1.82, 2.24) is 4.72 Å². The van der Waals surface area contributed by atoms with Crippen LogP contribution >= 0.6 is 27.3 Å². The molecule has 1 aromatic heterocycles. The minimum Gasteiger partial charge on any atom is -0.567 e. The van der Waals surface area contributed by atoms with Crippen molar-refractivity contribution in [1.29, 1.82) is 0 Å². The summed E-state index contributed by atoms with van der Waals surface area (Å²) in [6, 6.07) is 3.73. The van der Waals surface area contributed by atoms with Crippen LogP contribution in [0, 0.1) is 0 Å². The lowest BCUT2D eigenvalue weighted by Crippen LogP contribution is -2.33. The highest BCUT2D eigenvalue weighted by Crippen LogP contribution is 2.27. The summed E-state index contributed by atoms with van der Waals surface area (Å²) in [4.78, 5) is 12.4. The molecule has 96 valence electrons. The van der Waals surface area contributed by atoms with Crippen LogP contribution < -0.4 is 4.72 Å². The van der Waals surface area contributed by atoms with E-state index in [4.69, 9.17) is 0 Å². The molecule has 0 saturated heterocycles. The number of carbonyl (C=O) groups excluding carboxylic acids is 1. The first-order valence-electron chi connectivity index (χ1n) is 4.85. The Labute approximate surface area is 120 Å². The van der Waals surface area contributed by atoms with E-state index in [-0.39, 0.29) is 5.70 Å². The lowest BCUT2D eigenvalue weighted by Gasteiger charge is -2.17. The van der Waals surface area contributed by atoms with Gasteiger partial charge >= 0.3 is 5.97 Å². The minimum absolute atomic E-state index is 0.186. The number of nitrogens with one attached hydrogen (secondary N) is 1. The Hall–Kier alpha value is -0.830. The summed E-state index contributed by atoms with van der Waals surface area (Å²) in [5, 5.41) is 0. The monoisotopic (exact) mass is 348 g/mol. The van der Waals surface area contributed by atoms with Gasteiger partial charge in [-0.3, -0.25) is 0 Å². The molecule has 1 aliphatic rings. The molecular formula is C10H9BrN2O3S2. The summed E-state index contributed by atoms with van der Waals surface area (Å²) in [6.45, 7) is 1.74. The fourth-order valence-electron chi connectivity index (χ4n) is 1.42. The molecule has 2 heterocycles. The molecular weight excluding hydrogens is 340 g/mol. The van der Waals surface area contributed by atoms with Gasteiger partial charge in [0.1, 0.15) is 5.71 Å². The predicted octanol–water partition coefficient (Wildman–Crippen LogP) is 1.93. The van der Waals surface area contributed by atoms with E-state index >= 15 is 0 Å². The van der Waals surface area contributed by atoms with E-state index in [1.807, 2.05) is 12.1 Å². The first-order valence-corrected chi connectivity index (χ1v) is 7.57. The molecule has 1 unspecified atom stereocenters. The van der Waals surface area contributed by atoms with Gasteiger partial charge in [0.25, 0.3) is 0 Å². The normalized spacial score (nSPS) is 19.3. The van der Waals surface area contributed by atoms with E-state index in [0.29, 0.717) is 11.3 Å². The summed E-state index contributed by atoms with van der Waals surface area (Å²) in [5.74, 6) is -0.552. The van der Waals surface area contributed by atoms with Crippen LogP contribution in [-0.4, -0.2) is 23.3 Å². The maximum Gasteiger partial charge on any atom is 0.359 e. The van der Waals surface area contributed by atoms with E-state index in [1.54, 1.807) is 6.92 Å². The molecule has 0 spiro atoms. The van der Waals surface area contributed by atoms with Crippen molar-refractivity contribution in [3.8, 4) is 0 Å². The Balaban J connectivity index is 2.46. The van der Waals surface area contributed by atoms with E-state index in [9.17, 15) is 9.35 Å². The van der Waals surface area contributed by atoms with E-state index in [2.05, 4.69) is 29.8 Å². The number of thiophene rings is 1.